The molecule has 104 valence electrons. The van der Waals surface area contributed by atoms with Crippen molar-refractivity contribution < 1.29 is 5.11 Å². The monoisotopic (exact) mass is 262 g/mol. The number of aryl methyl sites for hydroxylation is 1. The summed E-state index contributed by atoms with van der Waals surface area (Å²) in [5, 5.41) is 18.9. The number of pyridine rings is 1. The lowest BCUT2D eigenvalue weighted by Crippen LogP contribution is -2.20. The first kappa shape index (κ1) is 15.3. The van der Waals surface area contributed by atoms with Crippen LogP contribution in [0.1, 0.15) is 56.6 Å². The second kappa shape index (κ2) is 7.63. The molecule has 0 aliphatic carbocycles. The summed E-state index contributed by atoms with van der Waals surface area (Å²) >= 11 is 0. The first-order valence-electron chi connectivity index (χ1n) is 6.95. The summed E-state index contributed by atoms with van der Waals surface area (Å²) in [6.45, 7) is 4.31. The molecule has 0 aromatic carbocycles. The number of hydrogen-bond donors (Lipinski definition) is 1. The van der Waals surface area contributed by atoms with Crippen LogP contribution in [0.2, 0.25) is 0 Å². The number of aromatic nitrogens is 1. The Bertz CT molecular complexity index is 512. The van der Waals surface area contributed by atoms with E-state index in [1.165, 1.54) is 29.9 Å². The number of aromatic hydroxyl groups is 1. The molecular weight excluding hydrogens is 240 g/mol. The van der Waals surface area contributed by atoms with E-state index in [9.17, 15) is 9.90 Å². The smallest absolute Gasteiger partial charge is 0.253 e. The Labute approximate surface area is 114 Å². The van der Waals surface area contributed by atoms with Crippen LogP contribution in [0.4, 0.5) is 0 Å². The molecule has 0 aliphatic rings. The lowest BCUT2D eigenvalue weighted by Gasteiger charge is -2.10. The minimum atomic E-state index is -0.234. The van der Waals surface area contributed by atoms with Crippen LogP contribution in [0.5, 0.6) is 5.88 Å². The van der Waals surface area contributed by atoms with Crippen molar-refractivity contribution in [1.29, 1.82) is 5.26 Å². The van der Waals surface area contributed by atoms with Gasteiger partial charge in [0.25, 0.3) is 5.56 Å². The molecule has 0 spiro atoms. The minimum absolute atomic E-state index is 0.193. The Morgan fingerprint density at radius 2 is 1.89 bits per heavy atom. The van der Waals surface area contributed by atoms with Gasteiger partial charge < -0.3 is 5.11 Å². The molecule has 1 aromatic rings. The molecule has 4 heteroatoms. The Morgan fingerprint density at radius 1 is 1.26 bits per heavy atom. The van der Waals surface area contributed by atoms with Gasteiger partial charge in [-0.25, -0.2) is 0 Å². The Balaban J connectivity index is 2.64. The maximum Gasteiger partial charge on any atom is 0.253 e. The molecule has 0 radical (unpaired) electrons. The number of unbranched alkanes of at least 4 members (excludes halogenated alkanes) is 5. The van der Waals surface area contributed by atoms with E-state index < -0.39 is 0 Å². The average Bonchev–Trinajstić information content (AvgIpc) is 2.37. The lowest BCUT2D eigenvalue weighted by atomic mass is 10.1. The summed E-state index contributed by atoms with van der Waals surface area (Å²) in [4.78, 5) is 11.8. The predicted octanol–water partition coefficient (Wildman–Crippen LogP) is 3.09. The fourth-order valence-corrected chi connectivity index (χ4v) is 2.16. The Kier molecular flexibility index (Phi) is 6.14. The van der Waals surface area contributed by atoms with E-state index in [0.29, 0.717) is 12.1 Å². The SMILES string of the molecule is CCCCCCCCn1c(O)c(C#N)c(C)cc1=O. The quantitative estimate of drug-likeness (QED) is 0.768. The maximum absolute atomic E-state index is 11.8. The van der Waals surface area contributed by atoms with Crippen LogP contribution in [0, 0.1) is 18.3 Å². The molecule has 19 heavy (non-hydrogen) atoms. The van der Waals surface area contributed by atoms with Crippen molar-refractivity contribution in [3.8, 4) is 11.9 Å². The third kappa shape index (κ3) is 4.13. The number of rotatable bonds is 7. The van der Waals surface area contributed by atoms with Gasteiger partial charge in [-0.15, -0.1) is 0 Å². The highest BCUT2D eigenvalue weighted by Gasteiger charge is 2.11. The first-order chi connectivity index (χ1) is 9.11. The number of nitrogens with zero attached hydrogens (tertiary/aromatic N) is 2. The van der Waals surface area contributed by atoms with Crippen LogP contribution in [0.15, 0.2) is 10.9 Å². The van der Waals surface area contributed by atoms with E-state index in [2.05, 4.69) is 6.92 Å². The topological polar surface area (TPSA) is 66.0 Å². The highest BCUT2D eigenvalue weighted by molar-refractivity contribution is 5.43. The van der Waals surface area contributed by atoms with Crippen LogP contribution in [0.25, 0.3) is 0 Å². The van der Waals surface area contributed by atoms with Gasteiger partial charge >= 0.3 is 0 Å². The molecule has 4 nitrogen and oxygen atoms in total. The van der Waals surface area contributed by atoms with Crippen molar-refractivity contribution in [2.45, 2.75) is 58.9 Å². The van der Waals surface area contributed by atoms with E-state index in [4.69, 9.17) is 5.26 Å². The van der Waals surface area contributed by atoms with Crippen LogP contribution in [-0.4, -0.2) is 9.67 Å². The van der Waals surface area contributed by atoms with Gasteiger partial charge in [0, 0.05) is 12.6 Å². The summed E-state index contributed by atoms with van der Waals surface area (Å²) in [5.74, 6) is -0.193. The average molecular weight is 262 g/mol. The largest absolute Gasteiger partial charge is 0.493 e. The van der Waals surface area contributed by atoms with Gasteiger partial charge in [0.2, 0.25) is 5.88 Å². The maximum atomic E-state index is 11.8. The Morgan fingerprint density at radius 3 is 2.53 bits per heavy atom. The van der Waals surface area contributed by atoms with E-state index >= 15 is 0 Å². The molecule has 0 amide bonds. The van der Waals surface area contributed by atoms with Crippen LogP contribution >= 0.6 is 0 Å². The van der Waals surface area contributed by atoms with E-state index in [1.807, 2.05) is 6.07 Å². The van der Waals surface area contributed by atoms with Gasteiger partial charge in [0.1, 0.15) is 11.6 Å². The van der Waals surface area contributed by atoms with Gasteiger partial charge in [0.15, 0.2) is 0 Å². The molecule has 1 aromatic heterocycles. The predicted molar refractivity (Wildman–Crippen MR) is 75.2 cm³/mol. The molecule has 1 rings (SSSR count). The molecule has 0 bridgehead atoms. The van der Waals surface area contributed by atoms with Gasteiger partial charge in [-0.3, -0.25) is 9.36 Å². The molecule has 0 fully saturated rings. The van der Waals surface area contributed by atoms with Crippen LogP contribution in [0.3, 0.4) is 0 Å². The van der Waals surface area contributed by atoms with E-state index in [-0.39, 0.29) is 17.0 Å². The van der Waals surface area contributed by atoms with Gasteiger partial charge in [-0.2, -0.15) is 5.26 Å². The zero-order chi connectivity index (χ0) is 14.3. The molecule has 0 saturated heterocycles. The Hall–Kier alpha value is -1.76. The summed E-state index contributed by atoms with van der Waals surface area (Å²) in [6.07, 6.45) is 6.72. The van der Waals surface area contributed by atoms with Crippen molar-refractivity contribution in [3.63, 3.8) is 0 Å². The minimum Gasteiger partial charge on any atom is -0.493 e. The standard InChI is InChI=1S/C15H22N2O2/c1-3-4-5-6-7-8-9-17-14(18)10-12(2)13(11-16)15(17)19/h10,19H,3-9H2,1-2H3. The number of hydrogen-bond acceptors (Lipinski definition) is 3. The van der Waals surface area contributed by atoms with Crippen LogP contribution < -0.4 is 5.56 Å². The summed E-state index contributed by atoms with van der Waals surface area (Å²) in [5.41, 5.74) is 0.498. The van der Waals surface area contributed by atoms with Crippen molar-refractivity contribution in [3.05, 3.63) is 27.5 Å². The molecule has 0 atom stereocenters. The number of nitriles is 1. The molecule has 0 saturated carbocycles. The molecule has 0 aliphatic heterocycles. The lowest BCUT2D eigenvalue weighted by molar-refractivity contribution is 0.396. The van der Waals surface area contributed by atoms with Crippen molar-refractivity contribution in [1.82, 2.24) is 4.57 Å². The zero-order valence-electron chi connectivity index (χ0n) is 11.8. The first-order valence-corrected chi connectivity index (χ1v) is 6.95. The van der Waals surface area contributed by atoms with Gasteiger partial charge in [-0.1, -0.05) is 39.0 Å². The zero-order valence-corrected chi connectivity index (χ0v) is 11.8. The highest BCUT2D eigenvalue weighted by Crippen LogP contribution is 2.18. The normalized spacial score (nSPS) is 10.4. The fraction of sp³-hybridized carbons (Fsp3) is 0.600. The summed E-state index contributed by atoms with van der Waals surface area (Å²) < 4.78 is 1.30. The highest BCUT2D eigenvalue weighted by atomic mass is 16.3. The third-order valence-corrected chi connectivity index (χ3v) is 3.33. The molecule has 1 N–H and O–H groups in total. The fourth-order valence-electron chi connectivity index (χ4n) is 2.16. The van der Waals surface area contributed by atoms with Crippen molar-refractivity contribution in [2.24, 2.45) is 0 Å². The van der Waals surface area contributed by atoms with E-state index in [0.717, 1.165) is 19.3 Å². The summed E-state index contributed by atoms with van der Waals surface area (Å²) in [6, 6.07) is 3.35. The summed E-state index contributed by atoms with van der Waals surface area (Å²) in [7, 11) is 0. The molecule has 1 heterocycles. The second-order valence-electron chi connectivity index (χ2n) is 4.90. The van der Waals surface area contributed by atoms with Crippen molar-refractivity contribution in [2.75, 3.05) is 0 Å². The second-order valence-corrected chi connectivity index (χ2v) is 4.90. The van der Waals surface area contributed by atoms with Crippen LogP contribution in [-0.2, 0) is 6.54 Å². The molecule has 0 unspecified atom stereocenters. The van der Waals surface area contributed by atoms with Gasteiger partial charge in [-0.05, 0) is 18.9 Å². The van der Waals surface area contributed by atoms with Crippen molar-refractivity contribution >= 4 is 0 Å². The van der Waals surface area contributed by atoms with E-state index in [1.54, 1.807) is 6.92 Å². The van der Waals surface area contributed by atoms with Gasteiger partial charge in [0.05, 0.1) is 0 Å². The molecular formula is C15H22N2O2. The third-order valence-electron chi connectivity index (χ3n) is 3.33.